The molecule has 3 aromatic rings. The second kappa shape index (κ2) is 14.7. The number of nitrogens with one attached hydrogen (secondary N) is 1. The van der Waals surface area contributed by atoms with Crippen molar-refractivity contribution >= 4 is 43.5 Å². The van der Waals surface area contributed by atoms with E-state index in [9.17, 15) is 18.0 Å². The molecule has 1 atom stereocenters. The van der Waals surface area contributed by atoms with Gasteiger partial charge in [0.1, 0.15) is 6.04 Å². The minimum absolute atomic E-state index is 0.0514. The molecule has 0 saturated carbocycles. The molecule has 230 valence electrons. The van der Waals surface area contributed by atoms with Crippen molar-refractivity contribution in [1.29, 1.82) is 0 Å². The smallest absolute Gasteiger partial charge is 0.243 e. The van der Waals surface area contributed by atoms with E-state index in [-0.39, 0.29) is 50.5 Å². The van der Waals surface area contributed by atoms with Gasteiger partial charge in [0.2, 0.25) is 28.6 Å². The average molecular weight is 673 g/mol. The number of rotatable bonds is 14. The largest absolute Gasteiger partial charge is 0.454 e. The molecule has 9 nitrogen and oxygen atoms in total. The number of halogens is 1. The summed E-state index contributed by atoms with van der Waals surface area (Å²) in [6.07, 6.45) is 1.78. The first-order valence-electron chi connectivity index (χ1n) is 14.2. The van der Waals surface area contributed by atoms with E-state index in [2.05, 4.69) is 21.2 Å². The number of carbonyl (C=O) groups is 2. The SMILES string of the molecule is CC(C)CNC(=O)C(Cc1ccccc1)N(Cc1ccc(Br)cc1)C(=O)CCCN(c1ccc2c(c1)OCO2)S(C)(=O)=O. The predicted molar refractivity (Wildman–Crippen MR) is 170 cm³/mol. The molecule has 0 bridgehead atoms. The normalized spacial score (nSPS) is 13.0. The van der Waals surface area contributed by atoms with Crippen molar-refractivity contribution in [2.45, 2.75) is 45.7 Å². The van der Waals surface area contributed by atoms with Gasteiger partial charge in [-0.1, -0.05) is 72.2 Å². The zero-order valence-electron chi connectivity index (χ0n) is 24.7. The summed E-state index contributed by atoms with van der Waals surface area (Å²) in [5.74, 6) is 0.814. The molecule has 0 aromatic heterocycles. The van der Waals surface area contributed by atoms with Crippen LogP contribution in [0.15, 0.2) is 77.3 Å². The Morgan fingerprint density at radius 1 is 0.953 bits per heavy atom. The number of amides is 2. The number of sulfonamides is 1. The van der Waals surface area contributed by atoms with E-state index in [0.717, 1.165) is 21.9 Å². The Bertz CT molecular complexity index is 1500. The fraction of sp³-hybridized carbons (Fsp3) is 0.375. The minimum atomic E-state index is -3.65. The van der Waals surface area contributed by atoms with E-state index in [0.29, 0.717) is 30.2 Å². The van der Waals surface area contributed by atoms with Gasteiger partial charge < -0.3 is 19.7 Å². The molecule has 43 heavy (non-hydrogen) atoms. The van der Waals surface area contributed by atoms with E-state index < -0.39 is 16.1 Å². The quantitative estimate of drug-likeness (QED) is 0.255. The molecule has 1 heterocycles. The van der Waals surface area contributed by atoms with Gasteiger partial charge in [0.05, 0.1) is 11.9 Å². The van der Waals surface area contributed by atoms with Crippen LogP contribution in [0.4, 0.5) is 5.69 Å². The van der Waals surface area contributed by atoms with Crippen molar-refractivity contribution in [2.24, 2.45) is 5.92 Å². The molecule has 0 aliphatic carbocycles. The van der Waals surface area contributed by atoms with Crippen LogP contribution in [0.5, 0.6) is 11.5 Å². The number of hydrogen-bond donors (Lipinski definition) is 1. The molecule has 4 rings (SSSR count). The fourth-order valence-corrected chi connectivity index (χ4v) is 6.03. The molecule has 2 amide bonds. The lowest BCUT2D eigenvalue weighted by Crippen LogP contribution is -2.51. The number of benzene rings is 3. The van der Waals surface area contributed by atoms with Crippen molar-refractivity contribution in [1.82, 2.24) is 10.2 Å². The lowest BCUT2D eigenvalue weighted by atomic mass is 10.0. The minimum Gasteiger partial charge on any atom is -0.454 e. The van der Waals surface area contributed by atoms with Crippen LogP contribution in [-0.4, -0.2) is 57.3 Å². The average Bonchev–Trinajstić information content (AvgIpc) is 3.44. The fourth-order valence-electron chi connectivity index (χ4n) is 4.81. The van der Waals surface area contributed by atoms with Crippen LogP contribution in [-0.2, 0) is 32.6 Å². The molecule has 11 heteroatoms. The molecular weight excluding hydrogens is 634 g/mol. The topological polar surface area (TPSA) is 105 Å². The van der Waals surface area contributed by atoms with E-state index in [1.165, 1.54) is 4.31 Å². The molecule has 1 N–H and O–H groups in total. The molecule has 1 aliphatic heterocycles. The van der Waals surface area contributed by atoms with Crippen LogP contribution in [0.2, 0.25) is 0 Å². The highest BCUT2D eigenvalue weighted by atomic mass is 79.9. The molecule has 1 unspecified atom stereocenters. The van der Waals surface area contributed by atoms with Crippen molar-refractivity contribution in [3.63, 3.8) is 0 Å². The predicted octanol–water partition coefficient (Wildman–Crippen LogP) is 5.14. The molecule has 0 radical (unpaired) electrons. The van der Waals surface area contributed by atoms with Crippen LogP contribution in [0.3, 0.4) is 0 Å². The standard InChI is InChI=1S/C32H38BrN3O6S/c1-23(2)20-34-32(38)28(18-24-8-5-4-6-9-24)35(21-25-11-13-26(33)14-12-25)31(37)10-7-17-36(43(3,39)40)27-15-16-29-30(19-27)42-22-41-29/h4-6,8-9,11-16,19,23,28H,7,10,17-18,20-22H2,1-3H3,(H,34,38). The first-order valence-corrected chi connectivity index (χ1v) is 16.9. The van der Waals surface area contributed by atoms with Gasteiger partial charge in [-0.05, 0) is 47.7 Å². The molecule has 1 aliphatic rings. The Labute approximate surface area is 262 Å². The maximum Gasteiger partial charge on any atom is 0.243 e. The second-order valence-corrected chi connectivity index (χ2v) is 13.8. The Morgan fingerprint density at radius 2 is 1.65 bits per heavy atom. The van der Waals surface area contributed by atoms with Crippen molar-refractivity contribution in [2.75, 3.05) is 30.4 Å². The summed E-state index contributed by atoms with van der Waals surface area (Å²) in [4.78, 5) is 29.2. The van der Waals surface area contributed by atoms with Crippen molar-refractivity contribution in [3.05, 3.63) is 88.4 Å². The van der Waals surface area contributed by atoms with Gasteiger partial charge in [0.15, 0.2) is 11.5 Å². The first kappa shape index (κ1) is 32.3. The van der Waals surface area contributed by atoms with E-state index in [1.54, 1.807) is 23.1 Å². The van der Waals surface area contributed by atoms with E-state index in [1.807, 2.05) is 68.4 Å². The van der Waals surface area contributed by atoms with E-state index in [4.69, 9.17) is 9.47 Å². The highest BCUT2D eigenvalue weighted by molar-refractivity contribution is 9.10. The van der Waals surface area contributed by atoms with Crippen LogP contribution in [0.1, 0.15) is 37.8 Å². The maximum absolute atomic E-state index is 13.9. The molecule has 0 saturated heterocycles. The summed E-state index contributed by atoms with van der Waals surface area (Å²) < 4.78 is 38.4. The van der Waals surface area contributed by atoms with Gasteiger partial charge in [-0.2, -0.15) is 0 Å². The van der Waals surface area contributed by atoms with Crippen LogP contribution in [0.25, 0.3) is 0 Å². The molecule has 0 spiro atoms. The summed E-state index contributed by atoms with van der Waals surface area (Å²) in [7, 11) is -3.65. The molecule has 3 aromatic carbocycles. The van der Waals surface area contributed by atoms with Gasteiger partial charge in [-0.3, -0.25) is 13.9 Å². The highest BCUT2D eigenvalue weighted by Gasteiger charge is 2.31. The van der Waals surface area contributed by atoms with Crippen molar-refractivity contribution in [3.8, 4) is 11.5 Å². The Hall–Kier alpha value is -3.57. The Kier molecular flexibility index (Phi) is 11.1. The number of hydrogen-bond acceptors (Lipinski definition) is 6. The summed E-state index contributed by atoms with van der Waals surface area (Å²) in [5, 5.41) is 3.02. The third kappa shape index (κ3) is 9.21. The molecular formula is C32H38BrN3O6S. The first-order chi connectivity index (χ1) is 20.5. The number of fused-ring (bicyclic) bond motifs is 1. The monoisotopic (exact) mass is 671 g/mol. The lowest BCUT2D eigenvalue weighted by Gasteiger charge is -2.32. The zero-order chi connectivity index (χ0) is 31.0. The number of carbonyl (C=O) groups excluding carboxylic acids is 2. The number of nitrogens with zero attached hydrogens (tertiary/aromatic N) is 2. The zero-order valence-corrected chi connectivity index (χ0v) is 27.1. The van der Waals surface area contributed by atoms with Crippen LogP contribution >= 0.6 is 15.9 Å². The highest BCUT2D eigenvalue weighted by Crippen LogP contribution is 2.36. The Balaban J connectivity index is 1.57. The maximum atomic E-state index is 13.9. The second-order valence-electron chi connectivity index (χ2n) is 11.0. The summed E-state index contributed by atoms with van der Waals surface area (Å²) in [6.45, 7) is 4.92. The summed E-state index contributed by atoms with van der Waals surface area (Å²) in [6, 6.07) is 21.5. The van der Waals surface area contributed by atoms with Crippen molar-refractivity contribution < 1.29 is 27.5 Å². The van der Waals surface area contributed by atoms with E-state index >= 15 is 0 Å². The summed E-state index contributed by atoms with van der Waals surface area (Å²) >= 11 is 3.46. The lowest BCUT2D eigenvalue weighted by molar-refractivity contribution is -0.141. The van der Waals surface area contributed by atoms with Gasteiger partial charge in [-0.25, -0.2) is 8.42 Å². The van der Waals surface area contributed by atoms with Crippen LogP contribution in [0, 0.1) is 5.92 Å². The van der Waals surface area contributed by atoms with Gasteiger partial charge in [0, 0.05) is 43.0 Å². The number of ether oxygens (including phenoxy) is 2. The van der Waals surface area contributed by atoms with Gasteiger partial charge in [-0.15, -0.1) is 0 Å². The van der Waals surface area contributed by atoms with Gasteiger partial charge in [0.25, 0.3) is 0 Å². The summed E-state index contributed by atoms with van der Waals surface area (Å²) in [5.41, 5.74) is 2.25. The third-order valence-electron chi connectivity index (χ3n) is 7.02. The van der Waals surface area contributed by atoms with Gasteiger partial charge >= 0.3 is 0 Å². The van der Waals surface area contributed by atoms with Crippen LogP contribution < -0.4 is 19.1 Å². The Morgan fingerprint density at radius 3 is 2.33 bits per heavy atom. The molecule has 0 fully saturated rings. The number of anilines is 1. The third-order valence-corrected chi connectivity index (χ3v) is 8.74.